The van der Waals surface area contributed by atoms with E-state index in [9.17, 15) is 18.7 Å². The average molecular weight is 469 g/mol. The van der Waals surface area contributed by atoms with Gasteiger partial charge in [-0.3, -0.25) is 15.1 Å². The number of aliphatic hydroxyl groups is 1. The summed E-state index contributed by atoms with van der Waals surface area (Å²) in [7, 11) is 0. The number of alkyl halides is 2. The number of nitrogens with zero attached hydrogens (tertiary/aromatic N) is 3. The normalized spacial score (nSPS) is 31.3. The lowest BCUT2D eigenvalue weighted by Crippen LogP contribution is -2.58. The Kier molecular flexibility index (Phi) is 6.44. The highest BCUT2D eigenvalue weighted by atomic mass is 19.3. The van der Waals surface area contributed by atoms with E-state index in [1.807, 2.05) is 11.8 Å². The first-order valence-corrected chi connectivity index (χ1v) is 12.7. The Bertz CT molecular complexity index is 765. The summed E-state index contributed by atoms with van der Waals surface area (Å²) in [5.41, 5.74) is 1.66. The maximum absolute atomic E-state index is 13.1. The van der Waals surface area contributed by atoms with Crippen LogP contribution in [-0.2, 0) is 4.74 Å². The van der Waals surface area contributed by atoms with Gasteiger partial charge < -0.3 is 14.7 Å². The summed E-state index contributed by atoms with van der Waals surface area (Å²) in [5, 5.41) is 13.7. The van der Waals surface area contributed by atoms with E-state index in [-0.39, 0.29) is 36.4 Å². The second kappa shape index (κ2) is 9.06. The quantitative estimate of drug-likeness (QED) is 0.462. The number of rotatable bonds is 6. The van der Waals surface area contributed by atoms with Gasteiger partial charge in [0.05, 0.1) is 6.61 Å². The first kappa shape index (κ1) is 23.5. The van der Waals surface area contributed by atoms with Crippen LogP contribution in [-0.4, -0.2) is 95.6 Å². The molecule has 0 aromatic rings. The van der Waals surface area contributed by atoms with Crippen molar-refractivity contribution < 1.29 is 23.4 Å². The van der Waals surface area contributed by atoms with Gasteiger partial charge in [-0.1, -0.05) is 11.6 Å². The standard InChI is InChI=1S/C24H38F2N4O3/c1-2-33-22(32)29-11-7-23(16-29)14-19(15-23)28-9-5-17(6-10-28)20-4-3-8-30(20)21(31)27-18-12-24(25,26)13-18/h5,18-21,27,31H,2-4,6-16H2,1H3/t19?,20-,21?,23?/m0/s1. The molecule has 5 aliphatic rings. The van der Waals surface area contributed by atoms with Gasteiger partial charge in [-0.25, -0.2) is 13.6 Å². The van der Waals surface area contributed by atoms with Gasteiger partial charge in [0.15, 0.2) is 6.35 Å². The van der Waals surface area contributed by atoms with Gasteiger partial charge >= 0.3 is 6.09 Å². The van der Waals surface area contributed by atoms with Crippen molar-refractivity contribution in [2.45, 2.75) is 88.7 Å². The minimum absolute atomic E-state index is 0.174. The maximum atomic E-state index is 13.1. The van der Waals surface area contributed by atoms with Crippen LogP contribution < -0.4 is 5.32 Å². The number of carbonyl (C=O) groups is 1. The smallest absolute Gasteiger partial charge is 0.409 e. The number of hydrogen-bond donors (Lipinski definition) is 2. The third-order valence-electron chi connectivity index (χ3n) is 8.60. The zero-order chi connectivity index (χ0) is 23.2. The number of ether oxygens (including phenoxy) is 1. The molecule has 7 nitrogen and oxygen atoms in total. The van der Waals surface area contributed by atoms with Gasteiger partial charge in [0.25, 0.3) is 5.92 Å². The highest BCUT2D eigenvalue weighted by Gasteiger charge is 2.51. The molecule has 0 aromatic carbocycles. The van der Waals surface area contributed by atoms with Crippen molar-refractivity contribution in [3.8, 4) is 0 Å². The molecule has 33 heavy (non-hydrogen) atoms. The number of hydrogen-bond acceptors (Lipinski definition) is 6. The Morgan fingerprint density at radius 2 is 2.06 bits per heavy atom. The van der Waals surface area contributed by atoms with Crippen molar-refractivity contribution >= 4 is 6.09 Å². The first-order chi connectivity index (χ1) is 15.8. The minimum atomic E-state index is -2.58. The summed E-state index contributed by atoms with van der Waals surface area (Å²) in [4.78, 5) is 18.5. The molecular formula is C24H38F2N4O3. The van der Waals surface area contributed by atoms with Crippen molar-refractivity contribution in [3.05, 3.63) is 11.6 Å². The molecule has 2 N–H and O–H groups in total. The molecule has 186 valence electrons. The van der Waals surface area contributed by atoms with Gasteiger partial charge in [0.2, 0.25) is 0 Å². The molecule has 1 amide bonds. The number of likely N-dealkylation sites (tertiary alicyclic amines) is 2. The van der Waals surface area contributed by atoms with Crippen LogP contribution in [0.15, 0.2) is 11.6 Å². The Morgan fingerprint density at radius 1 is 1.27 bits per heavy atom. The van der Waals surface area contributed by atoms with E-state index in [4.69, 9.17) is 4.74 Å². The largest absolute Gasteiger partial charge is 0.450 e. The van der Waals surface area contributed by atoms with E-state index in [1.54, 1.807) is 0 Å². The summed E-state index contributed by atoms with van der Waals surface area (Å²) in [6.45, 7) is 6.66. The summed E-state index contributed by atoms with van der Waals surface area (Å²) < 4.78 is 31.4. The molecule has 1 unspecified atom stereocenters. The van der Waals surface area contributed by atoms with Crippen LogP contribution in [0.1, 0.15) is 58.3 Å². The zero-order valence-electron chi connectivity index (χ0n) is 19.6. The van der Waals surface area contributed by atoms with Crippen LogP contribution in [0.3, 0.4) is 0 Å². The molecule has 2 saturated carbocycles. The average Bonchev–Trinajstić information content (AvgIpc) is 3.40. The number of halogens is 2. The molecule has 2 saturated heterocycles. The Labute approximate surface area is 195 Å². The van der Waals surface area contributed by atoms with Crippen molar-refractivity contribution in [3.63, 3.8) is 0 Å². The van der Waals surface area contributed by atoms with Crippen molar-refractivity contribution in [2.24, 2.45) is 5.41 Å². The van der Waals surface area contributed by atoms with Gasteiger partial charge in [-0.2, -0.15) is 0 Å². The fourth-order valence-electron chi connectivity index (χ4n) is 6.74. The lowest BCUT2D eigenvalue weighted by molar-refractivity contribution is -0.119. The Balaban J connectivity index is 1.09. The number of amides is 1. The highest BCUT2D eigenvalue weighted by molar-refractivity contribution is 5.68. The van der Waals surface area contributed by atoms with Crippen LogP contribution in [0.4, 0.5) is 13.6 Å². The molecule has 3 heterocycles. The summed E-state index contributed by atoms with van der Waals surface area (Å²) in [5.74, 6) is -2.58. The van der Waals surface area contributed by atoms with E-state index < -0.39 is 12.3 Å². The number of nitrogens with one attached hydrogen (secondary N) is 1. The predicted octanol–water partition coefficient (Wildman–Crippen LogP) is 2.76. The second-order valence-corrected chi connectivity index (χ2v) is 10.9. The third kappa shape index (κ3) is 4.79. The van der Waals surface area contributed by atoms with E-state index in [2.05, 4.69) is 21.2 Å². The zero-order valence-corrected chi connectivity index (χ0v) is 19.6. The molecule has 0 aromatic heterocycles. The minimum Gasteiger partial charge on any atom is -0.450 e. The fourth-order valence-corrected chi connectivity index (χ4v) is 6.74. The van der Waals surface area contributed by atoms with Crippen molar-refractivity contribution in [1.29, 1.82) is 0 Å². The molecular weight excluding hydrogens is 430 g/mol. The molecule has 2 atom stereocenters. The summed E-state index contributed by atoms with van der Waals surface area (Å²) in [6, 6.07) is 0.487. The van der Waals surface area contributed by atoms with Crippen LogP contribution >= 0.6 is 0 Å². The van der Waals surface area contributed by atoms with E-state index in [0.29, 0.717) is 12.6 Å². The van der Waals surface area contributed by atoms with Gasteiger partial charge in [-0.15, -0.1) is 0 Å². The Hall–Kier alpha value is -1.29. The summed E-state index contributed by atoms with van der Waals surface area (Å²) >= 11 is 0. The predicted molar refractivity (Wildman–Crippen MR) is 120 cm³/mol. The second-order valence-electron chi connectivity index (χ2n) is 10.9. The highest BCUT2D eigenvalue weighted by Crippen LogP contribution is 2.50. The van der Waals surface area contributed by atoms with E-state index >= 15 is 0 Å². The molecule has 1 spiro atoms. The van der Waals surface area contributed by atoms with Crippen LogP contribution in [0.2, 0.25) is 0 Å². The van der Waals surface area contributed by atoms with Gasteiger partial charge in [0.1, 0.15) is 0 Å². The molecule has 0 radical (unpaired) electrons. The van der Waals surface area contributed by atoms with Crippen LogP contribution in [0.25, 0.3) is 0 Å². The molecule has 3 aliphatic heterocycles. The van der Waals surface area contributed by atoms with Crippen LogP contribution in [0, 0.1) is 5.41 Å². The number of aliphatic hydroxyl groups excluding tert-OH is 1. The lowest BCUT2D eigenvalue weighted by atomic mass is 9.64. The summed E-state index contributed by atoms with van der Waals surface area (Å²) in [6.07, 6.45) is 7.35. The van der Waals surface area contributed by atoms with Crippen molar-refractivity contribution in [2.75, 3.05) is 39.3 Å². The molecule has 9 heteroatoms. The molecule has 2 aliphatic carbocycles. The SMILES string of the molecule is CCOC(=O)N1CCC2(CC(N3CC=C([C@@H]4CCCN4C(O)NC4CC(F)(F)C4)CC3)C2)C1. The Morgan fingerprint density at radius 3 is 2.73 bits per heavy atom. The van der Waals surface area contributed by atoms with Gasteiger partial charge in [-0.05, 0) is 50.9 Å². The monoisotopic (exact) mass is 468 g/mol. The molecule has 5 rings (SSSR count). The lowest BCUT2D eigenvalue weighted by Gasteiger charge is -2.51. The number of carbonyl (C=O) groups excluding carboxylic acids is 1. The first-order valence-electron chi connectivity index (χ1n) is 12.7. The molecule has 4 fully saturated rings. The van der Waals surface area contributed by atoms with E-state index in [0.717, 1.165) is 71.2 Å². The molecule has 0 bridgehead atoms. The topological polar surface area (TPSA) is 68.3 Å². The van der Waals surface area contributed by atoms with Gasteiger partial charge in [0, 0.05) is 63.7 Å². The van der Waals surface area contributed by atoms with E-state index in [1.165, 1.54) is 5.57 Å². The third-order valence-corrected chi connectivity index (χ3v) is 8.60. The van der Waals surface area contributed by atoms with Crippen molar-refractivity contribution in [1.82, 2.24) is 20.0 Å². The maximum Gasteiger partial charge on any atom is 0.409 e. The van der Waals surface area contributed by atoms with Crippen LogP contribution in [0.5, 0.6) is 0 Å². The fraction of sp³-hybridized carbons (Fsp3) is 0.875.